The predicted molar refractivity (Wildman–Crippen MR) is 122 cm³/mol. The van der Waals surface area contributed by atoms with Crippen LogP contribution in [0.5, 0.6) is 0 Å². The first-order chi connectivity index (χ1) is 16.0. The molecule has 34 heavy (non-hydrogen) atoms. The van der Waals surface area contributed by atoms with Gasteiger partial charge in [0, 0.05) is 25.2 Å². The highest BCUT2D eigenvalue weighted by Gasteiger charge is 2.36. The smallest absolute Gasteiger partial charge is 0.410 e. The van der Waals surface area contributed by atoms with Gasteiger partial charge >= 0.3 is 6.09 Å². The van der Waals surface area contributed by atoms with E-state index in [1.807, 2.05) is 0 Å². The lowest BCUT2D eigenvalue weighted by Gasteiger charge is -2.38. The van der Waals surface area contributed by atoms with E-state index in [1.165, 1.54) is 46.0 Å². The number of nitro groups is 1. The van der Waals surface area contributed by atoms with Gasteiger partial charge in [-0.2, -0.15) is 5.10 Å². The summed E-state index contributed by atoms with van der Waals surface area (Å²) < 4.78 is 8.16. The second-order valence-electron chi connectivity index (χ2n) is 9.44. The molecule has 0 aliphatic carbocycles. The molecule has 4 rings (SSSR count). The van der Waals surface area contributed by atoms with Gasteiger partial charge in [0.15, 0.2) is 5.65 Å². The third kappa shape index (κ3) is 4.76. The quantitative estimate of drug-likeness (QED) is 0.451. The van der Waals surface area contributed by atoms with Crippen molar-refractivity contribution in [2.45, 2.75) is 51.4 Å². The Morgan fingerprint density at radius 1 is 1.24 bits per heavy atom. The molecule has 12 heteroatoms. The number of ether oxygens (including phenoxy) is 1. The highest BCUT2D eigenvalue weighted by molar-refractivity contribution is 5.75. The Balaban J connectivity index is 1.50. The monoisotopic (exact) mass is 470 g/mol. The lowest BCUT2D eigenvalue weighted by Crippen LogP contribution is -2.50. The van der Waals surface area contributed by atoms with E-state index in [9.17, 15) is 24.8 Å². The van der Waals surface area contributed by atoms with Crippen molar-refractivity contribution >= 4 is 22.8 Å². The van der Waals surface area contributed by atoms with Crippen molar-refractivity contribution < 1.29 is 19.6 Å². The molecule has 2 aromatic heterocycles. The summed E-state index contributed by atoms with van der Waals surface area (Å²) in [6.07, 6.45) is 2.90. The van der Waals surface area contributed by atoms with Crippen LogP contribution in [0.1, 0.15) is 33.6 Å². The lowest BCUT2D eigenvalue weighted by molar-refractivity contribution is -0.384. The molecule has 0 bridgehead atoms. The number of aliphatic hydroxyl groups is 1. The summed E-state index contributed by atoms with van der Waals surface area (Å²) in [5, 5.41) is 26.4. The standard InChI is InChI=1S/C22H26N6O6/c1-21(2,3)34-20(30)25-10-8-22(31,9-11-25)13-26-14-23-18-17(19(26)29)12-24-27(18)15-4-6-16(7-5-15)28(32)33/h4-7,12,14,31H,8-11,13H2,1-3H3. The van der Waals surface area contributed by atoms with Gasteiger partial charge in [-0.05, 0) is 45.7 Å². The number of piperidine rings is 1. The van der Waals surface area contributed by atoms with Gasteiger partial charge in [0.25, 0.3) is 11.2 Å². The maximum Gasteiger partial charge on any atom is 0.410 e. The average Bonchev–Trinajstić information content (AvgIpc) is 3.20. The number of non-ortho nitro benzene ring substituents is 1. The summed E-state index contributed by atoms with van der Waals surface area (Å²) in [6.45, 7) is 6.04. The maximum atomic E-state index is 13.0. The van der Waals surface area contributed by atoms with E-state index in [0.29, 0.717) is 37.3 Å². The van der Waals surface area contributed by atoms with Crippen LogP contribution in [-0.2, 0) is 11.3 Å². The minimum Gasteiger partial charge on any atom is -0.444 e. The van der Waals surface area contributed by atoms with Crippen LogP contribution in [0.25, 0.3) is 16.7 Å². The van der Waals surface area contributed by atoms with Crippen molar-refractivity contribution in [2.75, 3.05) is 13.1 Å². The zero-order valence-corrected chi connectivity index (χ0v) is 19.2. The van der Waals surface area contributed by atoms with Crippen LogP contribution in [0.15, 0.2) is 41.6 Å². The fraction of sp³-hybridized carbons (Fsp3) is 0.455. The molecule has 3 heterocycles. The molecular formula is C22H26N6O6. The molecule has 1 aromatic carbocycles. The van der Waals surface area contributed by atoms with Crippen molar-refractivity contribution in [1.29, 1.82) is 0 Å². The summed E-state index contributed by atoms with van der Waals surface area (Å²) in [4.78, 5) is 41.6. The topological polar surface area (TPSA) is 146 Å². The van der Waals surface area contributed by atoms with Crippen LogP contribution in [0.2, 0.25) is 0 Å². The Hall–Kier alpha value is -3.80. The Kier molecular flexibility index (Phi) is 5.86. The summed E-state index contributed by atoms with van der Waals surface area (Å²) in [7, 11) is 0. The molecule has 0 spiro atoms. The molecule has 1 amide bonds. The first-order valence-corrected chi connectivity index (χ1v) is 10.8. The number of benzene rings is 1. The number of likely N-dealkylation sites (tertiary alicyclic amines) is 1. The molecule has 1 saturated heterocycles. The first kappa shape index (κ1) is 23.4. The van der Waals surface area contributed by atoms with Gasteiger partial charge in [0.2, 0.25) is 0 Å². The van der Waals surface area contributed by atoms with Crippen molar-refractivity contribution in [2.24, 2.45) is 0 Å². The van der Waals surface area contributed by atoms with E-state index in [2.05, 4.69) is 10.1 Å². The summed E-state index contributed by atoms with van der Waals surface area (Å²) in [6, 6.07) is 5.75. The Morgan fingerprint density at radius 3 is 2.47 bits per heavy atom. The van der Waals surface area contributed by atoms with E-state index in [0.717, 1.165) is 0 Å². The van der Waals surface area contributed by atoms with Gasteiger partial charge in [-0.1, -0.05) is 0 Å². The molecule has 180 valence electrons. The molecule has 0 radical (unpaired) electrons. The van der Waals surface area contributed by atoms with E-state index in [4.69, 9.17) is 4.74 Å². The Morgan fingerprint density at radius 2 is 1.88 bits per heavy atom. The van der Waals surface area contributed by atoms with E-state index >= 15 is 0 Å². The fourth-order valence-electron chi connectivity index (χ4n) is 3.87. The van der Waals surface area contributed by atoms with E-state index in [1.54, 1.807) is 25.7 Å². The van der Waals surface area contributed by atoms with Gasteiger partial charge in [-0.25, -0.2) is 14.5 Å². The van der Waals surface area contributed by atoms with Crippen LogP contribution >= 0.6 is 0 Å². The zero-order chi connectivity index (χ0) is 24.7. The van der Waals surface area contributed by atoms with Gasteiger partial charge in [0.05, 0.1) is 29.0 Å². The molecule has 0 unspecified atom stereocenters. The molecule has 0 atom stereocenters. The number of fused-ring (bicyclic) bond motifs is 1. The Bertz CT molecular complexity index is 1280. The normalized spacial score (nSPS) is 15.9. The molecule has 12 nitrogen and oxygen atoms in total. The van der Waals surface area contributed by atoms with Crippen LogP contribution < -0.4 is 5.56 Å². The number of aromatic nitrogens is 4. The third-order valence-corrected chi connectivity index (χ3v) is 5.67. The third-order valence-electron chi connectivity index (χ3n) is 5.67. The number of carbonyl (C=O) groups is 1. The largest absolute Gasteiger partial charge is 0.444 e. The first-order valence-electron chi connectivity index (χ1n) is 10.8. The number of nitro benzene ring substituents is 1. The van der Waals surface area contributed by atoms with Crippen LogP contribution in [0.3, 0.4) is 0 Å². The van der Waals surface area contributed by atoms with E-state index in [-0.39, 0.29) is 23.2 Å². The molecule has 3 aromatic rings. The van der Waals surface area contributed by atoms with Crippen LogP contribution in [-0.4, -0.2) is 64.6 Å². The Labute approximate surface area is 194 Å². The SMILES string of the molecule is CC(C)(C)OC(=O)N1CCC(O)(Cn2cnc3c(cnn3-c3ccc([N+](=O)[O-])cc3)c2=O)CC1. The zero-order valence-electron chi connectivity index (χ0n) is 19.2. The minimum absolute atomic E-state index is 0.0274. The molecule has 0 saturated carbocycles. The number of amides is 1. The van der Waals surface area contributed by atoms with Gasteiger partial charge in [-0.15, -0.1) is 0 Å². The molecule has 1 N–H and O–H groups in total. The number of carbonyl (C=O) groups excluding carboxylic acids is 1. The summed E-state index contributed by atoms with van der Waals surface area (Å²) >= 11 is 0. The second-order valence-corrected chi connectivity index (χ2v) is 9.44. The summed E-state index contributed by atoms with van der Waals surface area (Å²) in [5.41, 5.74) is -1.35. The highest BCUT2D eigenvalue weighted by Crippen LogP contribution is 2.25. The summed E-state index contributed by atoms with van der Waals surface area (Å²) in [5.74, 6) is 0. The van der Waals surface area contributed by atoms with Crippen molar-refractivity contribution in [3.8, 4) is 5.69 Å². The van der Waals surface area contributed by atoms with Crippen LogP contribution in [0.4, 0.5) is 10.5 Å². The minimum atomic E-state index is -1.17. The lowest BCUT2D eigenvalue weighted by atomic mass is 9.91. The van der Waals surface area contributed by atoms with Crippen LogP contribution in [0, 0.1) is 10.1 Å². The van der Waals surface area contributed by atoms with Crippen molar-refractivity contribution in [3.05, 3.63) is 57.3 Å². The highest BCUT2D eigenvalue weighted by atomic mass is 16.6. The number of nitrogens with zero attached hydrogens (tertiary/aromatic N) is 6. The number of rotatable bonds is 4. The van der Waals surface area contributed by atoms with Crippen molar-refractivity contribution in [1.82, 2.24) is 24.2 Å². The van der Waals surface area contributed by atoms with Gasteiger partial charge < -0.3 is 14.7 Å². The molecule has 1 fully saturated rings. The van der Waals surface area contributed by atoms with Crippen molar-refractivity contribution in [3.63, 3.8) is 0 Å². The second kappa shape index (κ2) is 8.52. The average molecular weight is 470 g/mol. The number of hydrogen-bond donors (Lipinski definition) is 1. The van der Waals surface area contributed by atoms with Gasteiger partial charge in [0.1, 0.15) is 17.3 Å². The fourth-order valence-corrected chi connectivity index (χ4v) is 3.87. The molecule has 1 aliphatic rings. The predicted octanol–water partition coefficient (Wildman–Crippen LogP) is 2.25. The van der Waals surface area contributed by atoms with E-state index < -0.39 is 22.2 Å². The molecule has 1 aliphatic heterocycles. The maximum absolute atomic E-state index is 13.0. The van der Waals surface area contributed by atoms with Gasteiger partial charge in [-0.3, -0.25) is 19.5 Å². The molecular weight excluding hydrogens is 444 g/mol. The number of hydrogen-bond acceptors (Lipinski definition) is 8.